The van der Waals surface area contributed by atoms with Crippen LogP contribution in [0.3, 0.4) is 0 Å². The summed E-state index contributed by atoms with van der Waals surface area (Å²) in [6.07, 6.45) is -4.18. The quantitative estimate of drug-likeness (QED) is 0.880. The Kier molecular flexibility index (Phi) is 4.51. The Hall–Kier alpha value is -2.03. The molecule has 0 atom stereocenters. The lowest BCUT2D eigenvalue weighted by molar-refractivity contribution is -0.138. The van der Waals surface area contributed by atoms with E-state index in [9.17, 15) is 22.4 Å². The summed E-state index contributed by atoms with van der Waals surface area (Å²) in [4.78, 5) is 11.6. The average molecular weight is 319 g/mol. The van der Waals surface area contributed by atoms with Crippen molar-refractivity contribution >= 4 is 22.4 Å². The number of rotatable bonds is 4. The molecule has 1 amide bonds. The molecule has 0 spiro atoms. The van der Waals surface area contributed by atoms with E-state index in [0.29, 0.717) is 6.42 Å². The van der Waals surface area contributed by atoms with E-state index in [1.54, 1.807) is 0 Å². The van der Waals surface area contributed by atoms with Crippen LogP contribution in [0.5, 0.6) is 0 Å². The van der Waals surface area contributed by atoms with E-state index < -0.39 is 17.1 Å². The van der Waals surface area contributed by atoms with Gasteiger partial charge in [0.25, 0.3) is 0 Å². The molecule has 1 N–H and O–H groups in total. The molecule has 1 aromatic heterocycles. The lowest BCUT2D eigenvalue weighted by atomic mass is 10.1. The molecular weight excluding hydrogens is 310 g/mol. The Morgan fingerprint density at radius 2 is 1.86 bits per heavy atom. The van der Waals surface area contributed by atoms with Gasteiger partial charge in [0, 0.05) is 6.42 Å². The molecule has 21 heavy (non-hydrogen) atoms. The number of aryl methyl sites for hydroxylation is 1. The molecular formula is C12H9F4N3OS. The minimum absolute atomic E-state index is 0.0482. The summed E-state index contributed by atoms with van der Waals surface area (Å²) in [6.45, 7) is 0. The van der Waals surface area contributed by atoms with E-state index in [1.807, 2.05) is 0 Å². The fourth-order valence-electron chi connectivity index (χ4n) is 1.48. The first-order chi connectivity index (χ1) is 9.84. The third kappa shape index (κ3) is 4.48. The second-order valence-electron chi connectivity index (χ2n) is 4.08. The van der Waals surface area contributed by atoms with E-state index in [4.69, 9.17) is 0 Å². The molecule has 0 saturated heterocycles. The highest BCUT2D eigenvalue weighted by atomic mass is 32.1. The van der Waals surface area contributed by atoms with Gasteiger partial charge in [-0.05, 0) is 24.1 Å². The summed E-state index contributed by atoms with van der Waals surface area (Å²) in [5.74, 6) is -0.860. The summed E-state index contributed by atoms with van der Waals surface area (Å²) in [7, 11) is 0. The SMILES string of the molecule is O=C(CCc1ccc(F)cc1)Nc1nnc(C(F)(F)F)s1. The van der Waals surface area contributed by atoms with Crippen molar-refractivity contribution in [2.75, 3.05) is 5.32 Å². The molecule has 0 aliphatic heterocycles. The molecule has 0 unspecified atom stereocenters. The first-order valence-corrected chi connectivity index (χ1v) is 6.61. The second-order valence-corrected chi connectivity index (χ2v) is 5.06. The van der Waals surface area contributed by atoms with Crippen molar-refractivity contribution in [1.29, 1.82) is 0 Å². The van der Waals surface area contributed by atoms with E-state index in [-0.39, 0.29) is 28.7 Å². The number of alkyl halides is 3. The smallest absolute Gasteiger partial charge is 0.301 e. The number of amides is 1. The van der Waals surface area contributed by atoms with Crippen LogP contribution in [0.15, 0.2) is 24.3 Å². The fraction of sp³-hybridized carbons (Fsp3) is 0.250. The lowest BCUT2D eigenvalue weighted by Crippen LogP contribution is -2.12. The summed E-state index contributed by atoms with van der Waals surface area (Å²) in [5.41, 5.74) is 0.750. The Morgan fingerprint density at radius 1 is 1.19 bits per heavy atom. The van der Waals surface area contributed by atoms with Gasteiger partial charge in [0.2, 0.25) is 16.0 Å². The number of carbonyl (C=O) groups is 1. The molecule has 112 valence electrons. The van der Waals surface area contributed by atoms with Crippen LogP contribution >= 0.6 is 11.3 Å². The zero-order valence-electron chi connectivity index (χ0n) is 10.4. The number of halogens is 4. The van der Waals surface area contributed by atoms with Crippen molar-refractivity contribution in [3.05, 3.63) is 40.7 Å². The summed E-state index contributed by atoms with van der Waals surface area (Å²) >= 11 is 0.263. The Morgan fingerprint density at radius 3 is 2.43 bits per heavy atom. The monoisotopic (exact) mass is 319 g/mol. The van der Waals surface area contributed by atoms with Gasteiger partial charge in [-0.15, -0.1) is 10.2 Å². The van der Waals surface area contributed by atoms with Gasteiger partial charge in [0.15, 0.2) is 0 Å². The highest BCUT2D eigenvalue weighted by molar-refractivity contribution is 7.15. The molecule has 0 fully saturated rings. The maximum atomic E-state index is 12.7. The van der Waals surface area contributed by atoms with Crippen molar-refractivity contribution in [3.63, 3.8) is 0 Å². The number of nitrogens with zero attached hydrogens (tertiary/aromatic N) is 2. The van der Waals surface area contributed by atoms with Crippen molar-refractivity contribution in [2.45, 2.75) is 19.0 Å². The standard InChI is InChI=1S/C12H9F4N3OS/c13-8-4-1-7(2-5-8)3-6-9(20)17-11-19-18-10(21-11)12(14,15)16/h1-2,4-5H,3,6H2,(H,17,19,20). The number of nitrogens with one attached hydrogen (secondary N) is 1. The molecule has 0 aliphatic carbocycles. The fourth-order valence-corrected chi connectivity index (χ4v) is 2.11. The molecule has 1 aromatic carbocycles. The maximum Gasteiger partial charge on any atom is 0.445 e. The first-order valence-electron chi connectivity index (χ1n) is 5.79. The molecule has 0 aliphatic rings. The van der Waals surface area contributed by atoms with Gasteiger partial charge in [-0.1, -0.05) is 23.5 Å². The van der Waals surface area contributed by atoms with Gasteiger partial charge in [-0.2, -0.15) is 13.2 Å². The molecule has 0 saturated carbocycles. The largest absolute Gasteiger partial charge is 0.445 e. The van der Waals surface area contributed by atoms with Crippen LogP contribution in [-0.4, -0.2) is 16.1 Å². The third-order valence-electron chi connectivity index (χ3n) is 2.47. The zero-order valence-corrected chi connectivity index (χ0v) is 11.3. The van der Waals surface area contributed by atoms with E-state index in [1.165, 1.54) is 24.3 Å². The Bertz CT molecular complexity index is 624. The molecule has 4 nitrogen and oxygen atoms in total. The van der Waals surface area contributed by atoms with Crippen LogP contribution in [0.4, 0.5) is 22.7 Å². The van der Waals surface area contributed by atoms with E-state index in [0.717, 1.165) is 5.56 Å². The van der Waals surface area contributed by atoms with Gasteiger partial charge in [0.1, 0.15) is 5.82 Å². The average Bonchev–Trinajstić information content (AvgIpc) is 2.86. The zero-order chi connectivity index (χ0) is 15.5. The van der Waals surface area contributed by atoms with E-state index >= 15 is 0 Å². The number of anilines is 1. The molecule has 2 rings (SSSR count). The van der Waals surface area contributed by atoms with Gasteiger partial charge < -0.3 is 5.32 Å². The predicted molar refractivity (Wildman–Crippen MR) is 68.3 cm³/mol. The van der Waals surface area contributed by atoms with Gasteiger partial charge in [0.05, 0.1) is 0 Å². The molecule has 0 radical (unpaired) electrons. The minimum Gasteiger partial charge on any atom is -0.301 e. The Balaban J connectivity index is 1.87. The lowest BCUT2D eigenvalue weighted by Gasteiger charge is -2.02. The normalized spacial score (nSPS) is 11.4. The second kappa shape index (κ2) is 6.17. The topological polar surface area (TPSA) is 54.9 Å². The van der Waals surface area contributed by atoms with Crippen LogP contribution in [0.2, 0.25) is 0 Å². The van der Waals surface area contributed by atoms with Crippen molar-refractivity contribution < 1.29 is 22.4 Å². The molecule has 0 bridgehead atoms. The highest BCUT2D eigenvalue weighted by Gasteiger charge is 2.35. The first kappa shape index (κ1) is 15.4. The summed E-state index contributed by atoms with van der Waals surface area (Å²) in [6, 6.07) is 5.62. The number of hydrogen-bond acceptors (Lipinski definition) is 4. The van der Waals surface area contributed by atoms with Crippen LogP contribution in [0, 0.1) is 5.82 Å². The number of benzene rings is 1. The minimum atomic E-state index is -4.57. The van der Waals surface area contributed by atoms with Crippen LogP contribution in [-0.2, 0) is 17.4 Å². The van der Waals surface area contributed by atoms with Crippen molar-refractivity contribution in [2.24, 2.45) is 0 Å². The van der Waals surface area contributed by atoms with Gasteiger partial charge in [-0.3, -0.25) is 4.79 Å². The molecule has 1 heterocycles. The molecule has 2 aromatic rings. The number of hydrogen-bond donors (Lipinski definition) is 1. The Labute approximate surface area is 120 Å². The van der Waals surface area contributed by atoms with Crippen molar-refractivity contribution in [1.82, 2.24) is 10.2 Å². The summed E-state index contributed by atoms with van der Waals surface area (Å²) in [5, 5.41) is 7.14. The number of aromatic nitrogens is 2. The number of carbonyl (C=O) groups excluding carboxylic acids is 1. The third-order valence-corrected chi connectivity index (χ3v) is 3.35. The highest BCUT2D eigenvalue weighted by Crippen LogP contribution is 2.32. The van der Waals surface area contributed by atoms with Gasteiger partial charge >= 0.3 is 6.18 Å². The van der Waals surface area contributed by atoms with Crippen LogP contribution in [0.25, 0.3) is 0 Å². The van der Waals surface area contributed by atoms with E-state index in [2.05, 4.69) is 15.5 Å². The molecule has 9 heteroatoms. The van der Waals surface area contributed by atoms with Gasteiger partial charge in [-0.25, -0.2) is 4.39 Å². The summed E-state index contributed by atoms with van der Waals surface area (Å²) < 4.78 is 49.6. The van der Waals surface area contributed by atoms with Crippen LogP contribution in [0.1, 0.15) is 17.0 Å². The maximum absolute atomic E-state index is 12.7. The van der Waals surface area contributed by atoms with Crippen molar-refractivity contribution in [3.8, 4) is 0 Å². The van der Waals surface area contributed by atoms with Crippen LogP contribution < -0.4 is 5.32 Å². The predicted octanol–water partition coefficient (Wildman–Crippen LogP) is 3.27.